The Morgan fingerprint density at radius 1 is 1.70 bits per heavy atom. The molecule has 1 rings (SSSR count). The Morgan fingerprint density at radius 3 is 2.90 bits per heavy atom. The predicted molar refractivity (Wildman–Crippen MR) is 34.9 cm³/mol. The molecule has 50 valence electrons. The van der Waals surface area contributed by atoms with Gasteiger partial charge in [-0.1, -0.05) is 0 Å². The number of rotatable bonds is 0. The molecular formula is C7H6N2O. The van der Waals surface area contributed by atoms with Crippen molar-refractivity contribution < 1.29 is 4.73 Å². The molecule has 1 heterocycles. The Balaban J connectivity index is 3.23. The van der Waals surface area contributed by atoms with Gasteiger partial charge in [0, 0.05) is 11.6 Å². The lowest BCUT2D eigenvalue weighted by atomic mass is 10.2. The van der Waals surface area contributed by atoms with Gasteiger partial charge in [-0.25, -0.2) is 0 Å². The molecule has 0 saturated heterocycles. The maximum absolute atomic E-state index is 10.6. The molecule has 0 N–H and O–H groups in total. The number of aryl methyl sites for hydroxylation is 1. The van der Waals surface area contributed by atoms with E-state index in [0.717, 1.165) is 0 Å². The van der Waals surface area contributed by atoms with Crippen molar-refractivity contribution in [2.75, 3.05) is 0 Å². The molecule has 3 nitrogen and oxygen atoms in total. The van der Waals surface area contributed by atoms with Gasteiger partial charge in [-0.2, -0.15) is 9.99 Å². The van der Waals surface area contributed by atoms with Crippen molar-refractivity contribution in [2.45, 2.75) is 6.92 Å². The molecule has 0 radical (unpaired) electrons. The summed E-state index contributed by atoms with van der Waals surface area (Å²) in [7, 11) is 0. The van der Waals surface area contributed by atoms with Gasteiger partial charge in [-0.3, -0.25) is 0 Å². The van der Waals surface area contributed by atoms with E-state index in [1.165, 1.54) is 18.5 Å². The van der Waals surface area contributed by atoms with Gasteiger partial charge in [-0.15, -0.1) is 0 Å². The molecule has 0 unspecified atom stereocenters. The summed E-state index contributed by atoms with van der Waals surface area (Å²) < 4.78 is 0.677. The third kappa shape index (κ3) is 1.06. The molecule has 0 aliphatic heterocycles. The molecular weight excluding hydrogens is 128 g/mol. The van der Waals surface area contributed by atoms with Crippen LogP contribution in [0.1, 0.15) is 11.1 Å². The van der Waals surface area contributed by atoms with Crippen LogP contribution in [0.2, 0.25) is 0 Å². The number of aromatic nitrogens is 1. The molecule has 0 saturated carbocycles. The van der Waals surface area contributed by atoms with E-state index in [-0.39, 0.29) is 0 Å². The van der Waals surface area contributed by atoms with Crippen molar-refractivity contribution in [2.24, 2.45) is 0 Å². The van der Waals surface area contributed by atoms with Crippen LogP contribution >= 0.6 is 0 Å². The number of nitriles is 1. The van der Waals surface area contributed by atoms with Crippen LogP contribution in [0, 0.1) is 23.5 Å². The van der Waals surface area contributed by atoms with Crippen LogP contribution in [-0.2, 0) is 0 Å². The number of hydrogen-bond acceptors (Lipinski definition) is 2. The molecule has 1 aromatic heterocycles. The molecule has 0 aliphatic carbocycles. The van der Waals surface area contributed by atoms with Crippen LogP contribution in [0.25, 0.3) is 0 Å². The second kappa shape index (κ2) is 2.36. The molecule has 0 atom stereocenters. The van der Waals surface area contributed by atoms with Gasteiger partial charge >= 0.3 is 0 Å². The largest absolute Gasteiger partial charge is 0.619 e. The molecule has 0 bridgehead atoms. The molecule has 1 aromatic rings. The first kappa shape index (κ1) is 6.56. The fourth-order valence-electron chi connectivity index (χ4n) is 0.708. The highest BCUT2D eigenvalue weighted by molar-refractivity contribution is 5.32. The zero-order valence-electron chi connectivity index (χ0n) is 5.53. The summed E-state index contributed by atoms with van der Waals surface area (Å²) in [4.78, 5) is 0. The van der Waals surface area contributed by atoms with Crippen molar-refractivity contribution in [1.82, 2.24) is 0 Å². The van der Waals surface area contributed by atoms with Crippen LogP contribution in [0.5, 0.6) is 0 Å². The van der Waals surface area contributed by atoms with Crippen molar-refractivity contribution in [1.29, 1.82) is 5.26 Å². The molecule has 0 amide bonds. The maximum atomic E-state index is 10.6. The topological polar surface area (TPSA) is 50.7 Å². The molecule has 10 heavy (non-hydrogen) atoms. The minimum absolute atomic E-state index is 0.548. The lowest BCUT2D eigenvalue weighted by Crippen LogP contribution is -2.24. The monoisotopic (exact) mass is 134 g/mol. The first-order valence-electron chi connectivity index (χ1n) is 2.83. The fourth-order valence-corrected chi connectivity index (χ4v) is 0.708. The van der Waals surface area contributed by atoms with E-state index >= 15 is 0 Å². The van der Waals surface area contributed by atoms with Gasteiger partial charge in [0.2, 0.25) is 0 Å². The van der Waals surface area contributed by atoms with Gasteiger partial charge in [0.05, 0.1) is 11.6 Å². The van der Waals surface area contributed by atoms with Gasteiger partial charge < -0.3 is 5.21 Å². The van der Waals surface area contributed by atoms with Crippen LogP contribution in [0.15, 0.2) is 18.5 Å². The Bertz CT molecular complexity index is 288. The first-order chi connectivity index (χ1) is 4.74. The first-order valence-corrected chi connectivity index (χ1v) is 2.83. The number of pyridine rings is 1. The van der Waals surface area contributed by atoms with Crippen molar-refractivity contribution in [3.05, 3.63) is 34.8 Å². The molecule has 0 spiro atoms. The molecule has 3 heteroatoms. The Hall–Kier alpha value is -1.56. The zero-order valence-corrected chi connectivity index (χ0v) is 5.53. The molecule has 0 fully saturated rings. The van der Waals surface area contributed by atoms with E-state index in [1.54, 1.807) is 6.92 Å². The summed E-state index contributed by atoms with van der Waals surface area (Å²) in [5, 5.41) is 19.0. The van der Waals surface area contributed by atoms with Gasteiger partial charge in [0.25, 0.3) is 0 Å². The second-order valence-electron chi connectivity index (χ2n) is 2.01. The van der Waals surface area contributed by atoms with Crippen LogP contribution < -0.4 is 4.73 Å². The van der Waals surface area contributed by atoms with E-state index < -0.39 is 0 Å². The third-order valence-electron chi connectivity index (χ3n) is 1.25. The summed E-state index contributed by atoms with van der Waals surface area (Å²) in [6, 6.07) is 3.47. The summed E-state index contributed by atoms with van der Waals surface area (Å²) in [6.07, 6.45) is 2.68. The van der Waals surface area contributed by atoms with E-state index in [1.807, 2.05) is 6.07 Å². The minimum atomic E-state index is 0.548. The van der Waals surface area contributed by atoms with Gasteiger partial charge in [0.15, 0.2) is 12.4 Å². The van der Waals surface area contributed by atoms with Gasteiger partial charge in [0.1, 0.15) is 0 Å². The summed E-state index contributed by atoms with van der Waals surface area (Å²) >= 11 is 0. The average Bonchev–Trinajstić information content (AvgIpc) is 1.88. The molecule has 0 aliphatic rings. The van der Waals surface area contributed by atoms with Crippen LogP contribution in [-0.4, -0.2) is 0 Å². The maximum Gasteiger partial charge on any atom is 0.184 e. The standard InChI is InChI=1S/C7H6N2O/c1-6-5-9(10)3-2-7(6)4-8/h2-3,5H,1H3. The third-order valence-corrected chi connectivity index (χ3v) is 1.25. The highest BCUT2D eigenvalue weighted by Crippen LogP contribution is 1.99. The van der Waals surface area contributed by atoms with Crippen molar-refractivity contribution in [3.8, 4) is 6.07 Å². The Kier molecular flexibility index (Phi) is 1.55. The smallest absolute Gasteiger partial charge is 0.184 e. The van der Waals surface area contributed by atoms with E-state index in [4.69, 9.17) is 5.26 Å². The highest BCUT2D eigenvalue weighted by atomic mass is 16.5. The van der Waals surface area contributed by atoms with Gasteiger partial charge in [-0.05, 0) is 6.92 Å². The number of nitrogens with zero attached hydrogens (tertiary/aromatic N) is 2. The quantitative estimate of drug-likeness (QED) is 0.383. The van der Waals surface area contributed by atoms with E-state index in [9.17, 15) is 5.21 Å². The predicted octanol–water partition coefficient (Wildman–Crippen LogP) is 0.500. The van der Waals surface area contributed by atoms with Crippen LogP contribution in [0.3, 0.4) is 0 Å². The lowest BCUT2D eigenvalue weighted by Gasteiger charge is -1.96. The van der Waals surface area contributed by atoms with E-state index in [2.05, 4.69) is 0 Å². The molecule has 0 aromatic carbocycles. The summed E-state index contributed by atoms with van der Waals surface area (Å²) in [6.45, 7) is 1.73. The normalized spacial score (nSPS) is 8.80. The number of hydrogen-bond donors (Lipinski definition) is 0. The lowest BCUT2D eigenvalue weighted by molar-refractivity contribution is -0.605. The summed E-state index contributed by atoms with van der Waals surface area (Å²) in [5.41, 5.74) is 1.26. The zero-order chi connectivity index (χ0) is 7.56. The van der Waals surface area contributed by atoms with Crippen molar-refractivity contribution >= 4 is 0 Å². The fraction of sp³-hybridized carbons (Fsp3) is 0.143. The Labute approximate surface area is 58.7 Å². The van der Waals surface area contributed by atoms with Crippen LogP contribution in [0.4, 0.5) is 0 Å². The SMILES string of the molecule is Cc1c[n+]([O-])ccc1C#N. The van der Waals surface area contributed by atoms with E-state index in [0.29, 0.717) is 15.9 Å². The average molecular weight is 134 g/mol. The van der Waals surface area contributed by atoms with Crippen molar-refractivity contribution in [3.63, 3.8) is 0 Å². The highest BCUT2D eigenvalue weighted by Gasteiger charge is 1.98. The summed E-state index contributed by atoms with van der Waals surface area (Å²) in [5.74, 6) is 0. The minimum Gasteiger partial charge on any atom is -0.619 e. The second-order valence-corrected chi connectivity index (χ2v) is 2.01. The Morgan fingerprint density at radius 2 is 2.40 bits per heavy atom.